The van der Waals surface area contributed by atoms with E-state index in [1.807, 2.05) is 30.3 Å². The van der Waals surface area contributed by atoms with Crippen LogP contribution in [-0.4, -0.2) is 35.9 Å². The summed E-state index contributed by atoms with van der Waals surface area (Å²) in [6.07, 6.45) is 0.281. The fourth-order valence-corrected chi connectivity index (χ4v) is 2.93. The van der Waals surface area contributed by atoms with E-state index in [0.29, 0.717) is 25.9 Å². The van der Waals surface area contributed by atoms with Crippen molar-refractivity contribution >= 4 is 5.91 Å². The van der Waals surface area contributed by atoms with E-state index in [9.17, 15) is 13.6 Å². The van der Waals surface area contributed by atoms with Gasteiger partial charge in [0.1, 0.15) is 11.9 Å². The van der Waals surface area contributed by atoms with E-state index in [2.05, 4.69) is 0 Å². The first-order valence-electron chi connectivity index (χ1n) is 7.42. The third kappa shape index (κ3) is 3.34. The fourth-order valence-electron chi connectivity index (χ4n) is 2.93. The van der Waals surface area contributed by atoms with Gasteiger partial charge in [-0.15, -0.1) is 0 Å². The number of rotatable bonds is 3. The van der Waals surface area contributed by atoms with Crippen LogP contribution in [0.1, 0.15) is 25.7 Å². The molecule has 1 aromatic carbocycles. The van der Waals surface area contributed by atoms with Gasteiger partial charge in [0.15, 0.2) is 0 Å². The molecule has 114 valence electrons. The SMILES string of the molecule is O=C(C1CCC(F)(F)CC1)N1CC(Oc2ccccc2)C1. The topological polar surface area (TPSA) is 29.5 Å². The van der Waals surface area contributed by atoms with Gasteiger partial charge in [0.05, 0.1) is 13.1 Å². The van der Waals surface area contributed by atoms with Gasteiger partial charge in [0, 0.05) is 18.8 Å². The van der Waals surface area contributed by atoms with Gasteiger partial charge in [0.25, 0.3) is 0 Å². The Bertz CT molecular complexity index is 490. The highest BCUT2D eigenvalue weighted by atomic mass is 19.3. The second-order valence-electron chi connectivity index (χ2n) is 5.93. The number of para-hydroxylation sites is 1. The molecular formula is C16H19F2NO2. The smallest absolute Gasteiger partial charge is 0.248 e. The first-order chi connectivity index (χ1) is 10.0. The van der Waals surface area contributed by atoms with Crippen LogP contribution in [0.2, 0.25) is 0 Å². The Kier molecular flexibility index (Phi) is 3.83. The van der Waals surface area contributed by atoms with E-state index in [0.717, 1.165) is 5.75 Å². The van der Waals surface area contributed by atoms with Crippen LogP contribution in [0.3, 0.4) is 0 Å². The summed E-state index contributed by atoms with van der Waals surface area (Å²) in [4.78, 5) is 13.9. The number of hydrogen-bond acceptors (Lipinski definition) is 2. The maximum absolute atomic E-state index is 13.1. The van der Waals surface area contributed by atoms with Crippen LogP contribution in [0.4, 0.5) is 8.78 Å². The summed E-state index contributed by atoms with van der Waals surface area (Å²) in [6, 6.07) is 9.49. The summed E-state index contributed by atoms with van der Waals surface area (Å²) in [6.45, 7) is 1.11. The van der Waals surface area contributed by atoms with E-state index in [-0.39, 0.29) is 30.8 Å². The minimum atomic E-state index is -2.58. The number of nitrogens with zero attached hydrogens (tertiary/aromatic N) is 1. The minimum absolute atomic E-state index is 0.0124. The molecule has 0 N–H and O–H groups in total. The molecule has 1 aromatic rings. The zero-order chi connectivity index (χ0) is 14.9. The second kappa shape index (κ2) is 5.62. The van der Waals surface area contributed by atoms with Gasteiger partial charge in [-0.3, -0.25) is 4.79 Å². The fraction of sp³-hybridized carbons (Fsp3) is 0.562. The predicted molar refractivity (Wildman–Crippen MR) is 74.3 cm³/mol. The summed E-state index contributed by atoms with van der Waals surface area (Å²) in [5.74, 6) is -2.00. The van der Waals surface area contributed by atoms with Crippen molar-refractivity contribution in [2.24, 2.45) is 5.92 Å². The lowest BCUT2D eigenvalue weighted by Gasteiger charge is -2.41. The van der Waals surface area contributed by atoms with Gasteiger partial charge in [0.2, 0.25) is 11.8 Å². The molecule has 1 saturated heterocycles. The van der Waals surface area contributed by atoms with Crippen LogP contribution >= 0.6 is 0 Å². The lowest BCUT2D eigenvalue weighted by atomic mass is 9.85. The highest BCUT2D eigenvalue weighted by Gasteiger charge is 2.41. The van der Waals surface area contributed by atoms with Gasteiger partial charge in [-0.1, -0.05) is 18.2 Å². The number of ether oxygens (including phenoxy) is 1. The zero-order valence-electron chi connectivity index (χ0n) is 11.8. The average molecular weight is 295 g/mol. The number of halogens is 2. The monoisotopic (exact) mass is 295 g/mol. The molecule has 0 atom stereocenters. The van der Waals surface area contributed by atoms with Crippen molar-refractivity contribution in [3.63, 3.8) is 0 Å². The molecule has 5 heteroatoms. The lowest BCUT2D eigenvalue weighted by molar-refractivity contribution is -0.148. The first kappa shape index (κ1) is 14.3. The average Bonchev–Trinajstić information content (AvgIpc) is 2.43. The Morgan fingerprint density at radius 3 is 2.38 bits per heavy atom. The lowest BCUT2D eigenvalue weighted by Crippen LogP contribution is -2.58. The molecule has 2 aliphatic rings. The molecule has 1 aliphatic heterocycles. The van der Waals surface area contributed by atoms with Crippen LogP contribution in [0.25, 0.3) is 0 Å². The molecule has 3 nitrogen and oxygen atoms in total. The van der Waals surface area contributed by atoms with Gasteiger partial charge in [-0.05, 0) is 25.0 Å². The zero-order valence-corrected chi connectivity index (χ0v) is 11.8. The van der Waals surface area contributed by atoms with E-state index in [1.54, 1.807) is 4.90 Å². The molecule has 1 amide bonds. The molecule has 0 unspecified atom stereocenters. The van der Waals surface area contributed by atoms with E-state index < -0.39 is 5.92 Å². The summed E-state index contributed by atoms with van der Waals surface area (Å²) < 4.78 is 31.9. The molecule has 0 spiro atoms. The second-order valence-corrected chi connectivity index (χ2v) is 5.93. The van der Waals surface area contributed by atoms with Crippen molar-refractivity contribution in [3.05, 3.63) is 30.3 Å². The Balaban J connectivity index is 1.45. The van der Waals surface area contributed by atoms with E-state index in [1.165, 1.54) is 0 Å². The Morgan fingerprint density at radius 2 is 1.76 bits per heavy atom. The van der Waals surface area contributed by atoms with Gasteiger partial charge >= 0.3 is 0 Å². The summed E-state index contributed by atoms with van der Waals surface area (Å²) in [5, 5.41) is 0. The third-order valence-corrected chi connectivity index (χ3v) is 4.27. The number of alkyl halides is 2. The Labute approximate surface area is 122 Å². The van der Waals surface area contributed by atoms with Crippen LogP contribution in [0.15, 0.2) is 30.3 Å². The molecule has 1 heterocycles. The number of carbonyl (C=O) groups excluding carboxylic acids is 1. The largest absolute Gasteiger partial charge is 0.487 e. The maximum Gasteiger partial charge on any atom is 0.248 e. The number of hydrogen-bond donors (Lipinski definition) is 0. The molecule has 2 fully saturated rings. The molecule has 1 aliphatic carbocycles. The van der Waals surface area contributed by atoms with Crippen molar-refractivity contribution in [3.8, 4) is 5.75 Å². The van der Waals surface area contributed by atoms with E-state index in [4.69, 9.17) is 4.74 Å². The van der Waals surface area contributed by atoms with E-state index >= 15 is 0 Å². The highest BCUT2D eigenvalue weighted by Crippen LogP contribution is 2.37. The van der Waals surface area contributed by atoms with Gasteiger partial charge in [-0.2, -0.15) is 0 Å². The molecular weight excluding hydrogens is 276 g/mol. The summed E-state index contributed by atoms with van der Waals surface area (Å²) in [7, 11) is 0. The highest BCUT2D eigenvalue weighted by molar-refractivity contribution is 5.79. The first-order valence-corrected chi connectivity index (χ1v) is 7.42. The quantitative estimate of drug-likeness (QED) is 0.857. The molecule has 1 saturated carbocycles. The molecule has 21 heavy (non-hydrogen) atoms. The van der Waals surface area contributed by atoms with Crippen LogP contribution in [0.5, 0.6) is 5.75 Å². The molecule has 0 aromatic heterocycles. The van der Waals surface area contributed by atoms with Crippen LogP contribution in [-0.2, 0) is 4.79 Å². The Hall–Kier alpha value is -1.65. The summed E-state index contributed by atoms with van der Waals surface area (Å²) in [5.41, 5.74) is 0. The predicted octanol–water partition coefficient (Wildman–Crippen LogP) is 3.10. The van der Waals surface area contributed by atoms with Crippen LogP contribution < -0.4 is 4.74 Å². The van der Waals surface area contributed by atoms with Gasteiger partial charge < -0.3 is 9.64 Å². The molecule has 3 rings (SSSR count). The normalized spacial score (nSPS) is 22.7. The Morgan fingerprint density at radius 1 is 1.14 bits per heavy atom. The number of likely N-dealkylation sites (tertiary alicyclic amines) is 1. The summed E-state index contributed by atoms with van der Waals surface area (Å²) >= 11 is 0. The number of benzene rings is 1. The van der Waals surface area contributed by atoms with Crippen molar-refractivity contribution in [1.29, 1.82) is 0 Å². The van der Waals surface area contributed by atoms with Crippen molar-refractivity contribution in [1.82, 2.24) is 4.90 Å². The van der Waals surface area contributed by atoms with Gasteiger partial charge in [-0.25, -0.2) is 8.78 Å². The number of amides is 1. The molecule has 0 radical (unpaired) electrons. The van der Waals surface area contributed by atoms with Crippen LogP contribution in [0, 0.1) is 5.92 Å². The van der Waals surface area contributed by atoms with Crippen molar-refractivity contribution < 1.29 is 18.3 Å². The van der Waals surface area contributed by atoms with Crippen molar-refractivity contribution in [2.75, 3.05) is 13.1 Å². The maximum atomic E-state index is 13.1. The third-order valence-electron chi connectivity index (χ3n) is 4.27. The number of carbonyl (C=O) groups is 1. The molecule has 0 bridgehead atoms. The minimum Gasteiger partial charge on any atom is -0.487 e. The van der Waals surface area contributed by atoms with Crippen molar-refractivity contribution in [2.45, 2.75) is 37.7 Å². The standard InChI is InChI=1S/C16H19F2NO2/c17-16(18)8-6-12(7-9-16)15(20)19-10-14(11-19)21-13-4-2-1-3-5-13/h1-5,12,14H,6-11H2.